The normalized spacial score (nSPS) is 14.9. The van der Waals surface area contributed by atoms with Crippen molar-refractivity contribution in [3.05, 3.63) is 54.1 Å². The molecule has 0 heterocycles. The Bertz CT molecular complexity index is 692. The zero-order valence-corrected chi connectivity index (χ0v) is 13.7. The Balaban J connectivity index is 2.38. The van der Waals surface area contributed by atoms with Gasteiger partial charge in [-0.2, -0.15) is 22.0 Å². The van der Waals surface area contributed by atoms with Gasteiger partial charge in [-0.1, -0.05) is 36.4 Å². The summed E-state index contributed by atoms with van der Waals surface area (Å²) in [5.74, 6) is 0.621. The van der Waals surface area contributed by atoms with Gasteiger partial charge in [0.15, 0.2) is 0 Å². The lowest BCUT2D eigenvalue weighted by molar-refractivity contribution is -0.317. The summed E-state index contributed by atoms with van der Waals surface area (Å²) in [5.41, 5.74) is -4.41. The molecule has 0 aromatic heterocycles. The van der Waals surface area contributed by atoms with Crippen molar-refractivity contribution in [2.45, 2.75) is 24.1 Å². The maximum absolute atomic E-state index is 13.3. The number of rotatable bonds is 5. The molecule has 0 saturated carbocycles. The van der Waals surface area contributed by atoms with Crippen molar-refractivity contribution in [3.63, 3.8) is 0 Å². The minimum absolute atomic E-state index is 0.481. The Morgan fingerprint density at radius 3 is 1.68 bits per heavy atom. The number of hydrogen-bond donors (Lipinski definition) is 1. The maximum Gasteiger partial charge on any atom is 0.428 e. The highest BCUT2D eigenvalue weighted by Gasteiger charge is 2.69. The molecule has 136 valence electrons. The van der Waals surface area contributed by atoms with Crippen molar-refractivity contribution < 1.29 is 31.8 Å². The van der Waals surface area contributed by atoms with Gasteiger partial charge in [-0.25, -0.2) is 0 Å². The molecule has 0 spiro atoms. The van der Waals surface area contributed by atoms with E-state index in [1.54, 1.807) is 24.3 Å². The standard InChI is InChI=1S/C17H14ClF5O2/c1-2-25-14-9-5-12(6-10-14)11-3-7-13(8-4-11)15(24,16(18,19)20)17(21,22)23/h3-10,24H,2H2,1H3. The Labute approximate surface area is 145 Å². The van der Waals surface area contributed by atoms with Gasteiger partial charge >= 0.3 is 11.6 Å². The van der Waals surface area contributed by atoms with Crippen LogP contribution in [-0.2, 0) is 5.60 Å². The van der Waals surface area contributed by atoms with Crippen LogP contribution in [0.5, 0.6) is 5.75 Å². The van der Waals surface area contributed by atoms with Crippen LogP contribution in [0.25, 0.3) is 11.1 Å². The van der Waals surface area contributed by atoms with E-state index in [0.717, 1.165) is 12.1 Å². The van der Waals surface area contributed by atoms with Crippen LogP contribution in [-0.4, -0.2) is 23.3 Å². The molecule has 2 rings (SSSR count). The van der Waals surface area contributed by atoms with E-state index in [-0.39, 0.29) is 0 Å². The third kappa shape index (κ3) is 3.72. The molecule has 2 aromatic carbocycles. The second-order valence-corrected chi connectivity index (χ2v) is 5.72. The van der Waals surface area contributed by atoms with Gasteiger partial charge in [-0.3, -0.25) is 0 Å². The lowest BCUT2D eigenvalue weighted by Gasteiger charge is -2.34. The number of ether oxygens (including phenoxy) is 1. The second kappa shape index (κ2) is 6.80. The molecule has 25 heavy (non-hydrogen) atoms. The largest absolute Gasteiger partial charge is 0.494 e. The fourth-order valence-electron chi connectivity index (χ4n) is 2.30. The van der Waals surface area contributed by atoms with Crippen molar-refractivity contribution in [1.82, 2.24) is 0 Å². The van der Waals surface area contributed by atoms with Crippen LogP contribution in [0.15, 0.2) is 48.5 Å². The predicted octanol–water partition coefficient (Wildman–Crippen LogP) is 5.33. The summed E-state index contributed by atoms with van der Waals surface area (Å²) in [6.07, 6.45) is -5.65. The fourth-order valence-corrected chi connectivity index (χ4v) is 2.52. The van der Waals surface area contributed by atoms with Gasteiger partial charge in [0, 0.05) is 5.56 Å². The Morgan fingerprint density at radius 1 is 0.880 bits per heavy atom. The highest BCUT2D eigenvalue weighted by atomic mass is 35.5. The van der Waals surface area contributed by atoms with Gasteiger partial charge in [-0.05, 0) is 41.8 Å². The van der Waals surface area contributed by atoms with Gasteiger partial charge in [0.25, 0.3) is 5.60 Å². The molecule has 1 N–H and O–H groups in total. The summed E-state index contributed by atoms with van der Waals surface area (Å²) in [7, 11) is 0. The van der Waals surface area contributed by atoms with E-state index in [0.29, 0.717) is 23.5 Å². The summed E-state index contributed by atoms with van der Waals surface area (Å²) >= 11 is 4.55. The van der Waals surface area contributed by atoms with Crippen LogP contribution in [0.1, 0.15) is 12.5 Å². The van der Waals surface area contributed by atoms with Crippen LogP contribution >= 0.6 is 11.6 Å². The van der Waals surface area contributed by atoms with Gasteiger partial charge in [0.1, 0.15) is 5.75 Å². The van der Waals surface area contributed by atoms with Gasteiger partial charge in [0.2, 0.25) is 0 Å². The Kier molecular flexibility index (Phi) is 5.30. The fraction of sp³-hybridized carbons (Fsp3) is 0.294. The predicted molar refractivity (Wildman–Crippen MR) is 83.8 cm³/mol. The smallest absolute Gasteiger partial charge is 0.428 e. The molecule has 2 aromatic rings. The SMILES string of the molecule is CCOc1ccc(-c2ccc(C(O)(C(F)(F)F)C(F)(F)Cl)cc2)cc1. The van der Waals surface area contributed by atoms with Crippen LogP contribution < -0.4 is 4.74 Å². The summed E-state index contributed by atoms with van der Waals surface area (Å²) in [6.45, 7) is 2.30. The summed E-state index contributed by atoms with van der Waals surface area (Å²) in [6, 6.07) is 10.6. The van der Waals surface area contributed by atoms with E-state index >= 15 is 0 Å². The topological polar surface area (TPSA) is 29.5 Å². The molecule has 1 unspecified atom stereocenters. The minimum Gasteiger partial charge on any atom is -0.494 e. The average molecular weight is 381 g/mol. The molecule has 0 amide bonds. The molecule has 2 nitrogen and oxygen atoms in total. The second-order valence-electron chi connectivity index (χ2n) is 5.24. The molecule has 0 aliphatic rings. The Hall–Kier alpha value is -1.86. The third-order valence-electron chi connectivity index (χ3n) is 3.62. The van der Waals surface area contributed by atoms with Crippen molar-refractivity contribution in [3.8, 4) is 16.9 Å². The Morgan fingerprint density at radius 2 is 1.32 bits per heavy atom. The van der Waals surface area contributed by atoms with Crippen LogP contribution in [0, 0.1) is 0 Å². The van der Waals surface area contributed by atoms with E-state index in [1.807, 2.05) is 6.92 Å². The number of benzene rings is 2. The molecule has 0 aliphatic carbocycles. The summed E-state index contributed by atoms with van der Waals surface area (Å²) < 4.78 is 70.8. The van der Waals surface area contributed by atoms with E-state index in [2.05, 4.69) is 11.6 Å². The molecule has 0 aliphatic heterocycles. The van der Waals surface area contributed by atoms with E-state index in [9.17, 15) is 27.1 Å². The summed E-state index contributed by atoms with van der Waals surface area (Å²) in [5, 5.41) is 4.66. The highest BCUT2D eigenvalue weighted by Crippen LogP contribution is 2.51. The average Bonchev–Trinajstić information content (AvgIpc) is 2.53. The van der Waals surface area contributed by atoms with E-state index in [4.69, 9.17) is 4.74 Å². The van der Waals surface area contributed by atoms with Gasteiger partial charge < -0.3 is 9.84 Å². The van der Waals surface area contributed by atoms with Crippen molar-refractivity contribution in [1.29, 1.82) is 0 Å². The minimum atomic E-state index is -5.65. The molecule has 0 radical (unpaired) electrons. The quantitative estimate of drug-likeness (QED) is 0.561. The van der Waals surface area contributed by atoms with Gasteiger partial charge in [0.05, 0.1) is 6.61 Å². The molecule has 0 saturated heterocycles. The maximum atomic E-state index is 13.3. The van der Waals surface area contributed by atoms with Gasteiger partial charge in [-0.15, -0.1) is 0 Å². The molecular weight excluding hydrogens is 367 g/mol. The molecular formula is C17H14ClF5O2. The van der Waals surface area contributed by atoms with Crippen LogP contribution in [0.3, 0.4) is 0 Å². The molecule has 0 fully saturated rings. The highest BCUT2D eigenvalue weighted by molar-refractivity contribution is 6.22. The van der Waals surface area contributed by atoms with E-state index < -0.39 is 22.7 Å². The molecule has 1 atom stereocenters. The number of aliphatic hydroxyl groups is 1. The third-order valence-corrected chi connectivity index (χ3v) is 3.90. The molecule has 0 bridgehead atoms. The van der Waals surface area contributed by atoms with Crippen LogP contribution in [0.2, 0.25) is 0 Å². The zero-order valence-electron chi connectivity index (χ0n) is 12.9. The number of alkyl halides is 6. The lowest BCUT2D eigenvalue weighted by atomic mass is 9.91. The van der Waals surface area contributed by atoms with Crippen LogP contribution in [0.4, 0.5) is 22.0 Å². The first kappa shape index (κ1) is 19.5. The first-order valence-corrected chi connectivity index (χ1v) is 7.58. The van der Waals surface area contributed by atoms with E-state index in [1.165, 1.54) is 12.1 Å². The molecule has 8 heteroatoms. The zero-order chi connectivity index (χ0) is 18.9. The first-order valence-electron chi connectivity index (χ1n) is 7.20. The summed E-state index contributed by atoms with van der Waals surface area (Å²) in [4.78, 5) is 0. The first-order chi connectivity index (χ1) is 11.5. The monoisotopic (exact) mass is 380 g/mol. The van der Waals surface area contributed by atoms with Crippen molar-refractivity contribution in [2.24, 2.45) is 0 Å². The number of halogens is 6. The van der Waals surface area contributed by atoms with Crippen molar-refractivity contribution >= 4 is 11.6 Å². The lowest BCUT2D eigenvalue weighted by Crippen LogP contribution is -2.53. The number of hydrogen-bond acceptors (Lipinski definition) is 2. The van der Waals surface area contributed by atoms with Crippen molar-refractivity contribution in [2.75, 3.05) is 6.61 Å².